The van der Waals surface area contributed by atoms with Crippen molar-refractivity contribution in [2.24, 2.45) is 0 Å². The van der Waals surface area contributed by atoms with Crippen molar-refractivity contribution in [3.8, 4) is 5.69 Å². The number of rotatable bonds is 4. The third-order valence-electron chi connectivity index (χ3n) is 3.76. The molecule has 0 aliphatic heterocycles. The Labute approximate surface area is 142 Å². The minimum absolute atomic E-state index is 0.371. The average Bonchev–Trinajstić information content (AvgIpc) is 3.31. The molecule has 0 amide bonds. The van der Waals surface area contributed by atoms with E-state index in [9.17, 15) is 4.79 Å². The Bertz CT molecular complexity index is 973. The highest BCUT2D eigenvalue weighted by molar-refractivity contribution is 5.89. The number of para-hydroxylation sites is 2. The Kier molecular flexibility index (Phi) is 3.74. The second-order valence-electron chi connectivity index (χ2n) is 5.48. The Hall–Kier alpha value is -3.48. The summed E-state index contributed by atoms with van der Waals surface area (Å²) < 4.78 is 12.8. The normalized spacial score (nSPS) is 12.2. The molecule has 2 aromatic heterocycles. The summed E-state index contributed by atoms with van der Waals surface area (Å²) in [5.41, 5.74) is 2.70. The van der Waals surface area contributed by atoms with Crippen LogP contribution < -0.4 is 0 Å². The average molecular weight is 334 g/mol. The van der Waals surface area contributed by atoms with E-state index in [2.05, 4.69) is 15.2 Å². The van der Waals surface area contributed by atoms with Crippen LogP contribution in [0.2, 0.25) is 0 Å². The van der Waals surface area contributed by atoms with E-state index in [1.807, 2.05) is 24.3 Å². The molecule has 0 fully saturated rings. The molecule has 4 rings (SSSR count). The van der Waals surface area contributed by atoms with E-state index in [1.54, 1.807) is 48.4 Å². The number of aromatic nitrogens is 4. The second kappa shape index (κ2) is 6.20. The van der Waals surface area contributed by atoms with Crippen molar-refractivity contribution in [3.63, 3.8) is 0 Å². The van der Waals surface area contributed by atoms with E-state index in [-0.39, 0.29) is 0 Å². The third kappa shape index (κ3) is 2.99. The van der Waals surface area contributed by atoms with Crippen molar-refractivity contribution in [2.75, 3.05) is 0 Å². The van der Waals surface area contributed by atoms with Crippen LogP contribution >= 0.6 is 0 Å². The molecule has 0 saturated carbocycles. The van der Waals surface area contributed by atoms with Gasteiger partial charge in [-0.15, -0.1) is 10.2 Å². The first kappa shape index (κ1) is 15.1. The van der Waals surface area contributed by atoms with Crippen LogP contribution in [0.5, 0.6) is 0 Å². The number of esters is 1. The van der Waals surface area contributed by atoms with Gasteiger partial charge in [0.2, 0.25) is 5.89 Å². The SMILES string of the molecule is C[C@@H](OC(=O)c1ccc(-n2cnnc2)cc1)c1nc2ccccc2o1. The summed E-state index contributed by atoms with van der Waals surface area (Å²) >= 11 is 0. The minimum atomic E-state index is -0.586. The first-order valence-electron chi connectivity index (χ1n) is 7.72. The molecular weight excluding hydrogens is 320 g/mol. The molecule has 2 heterocycles. The van der Waals surface area contributed by atoms with Gasteiger partial charge in [-0.3, -0.25) is 4.57 Å². The zero-order valence-corrected chi connectivity index (χ0v) is 13.4. The number of carbonyl (C=O) groups excluding carboxylic acids is 1. The van der Waals surface area contributed by atoms with E-state index in [1.165, 1.54) is 0 Å². The fraction of sp³-hybridized carbons (Fsp3) is 0.111. The van der Waals surface area contributed by atoms with Gasteiger partial charge in [-0.05, 0) is 43.3 Å². The van der Waals surface area contributed by atoms with Crippen molar-refractivity contribution in [1.29, 1.82) is 0 Å². The zero-order chi connectivity index (χ0) is 17.2. The maximum absolute atomic E-state index is 12.3. The van der Waals surface area contributed by atoms with Gasteiger partial charge >= 0.3 is 5.97 Å². The monoisotopic (exact) mass is 334 g/mol. The van der Waals surface area contributed by atoms with Crippen LogP contribution in [-0.4, -0.2) is 25.7 Å². The largest absolute Gasteiger partial charge is 0.449 e. The van der Waals surface area contributed by atoms with E-state index < -0.39 is 12.1 Å². The Morgan fingerprint density at radius 3 is 2.52 bits per heavy atom. The smallest absolute Gasteiger partial charge is 0.338 e. The number of carbonyl (C=O) groups is 1. The molecule has 25 heavy (non-hydrogen) atoms. The lowest BCUT2D eigenvalue weighted by Crippen LogP contribution is -2.09. The number of oxazole rings is 1. The Morgan fingerprint density at radius 1 is 1.08 bits per heavy atom. The molecule has 2 aromatic carbocycles. The van der Waals surface area contributed by atoms with Crippen molar-refractivity contribution in [1.82, 2.24) is 19.7 Å². The molecule has 0 N–H and O–H groups in total. The highest BCUT2D eigenvalue weighted by Crippen LogP contribution is 2.23. The molecule has 1 atom stereocenters. The van der Waals surface area contributed by atoms with Gasteiger partial charge in [-0.25, -0.2) is 9.78 Å². The van der Waals surface area contributed by atoms with Gasteiger partial charge in [0.1, 0.15) is 18.2 Å². The number of fused-ring (bicyclic) bond motifs is 1. The standard InChI is InChI=1S/C18H14N4O3/c1-12(17-21-15-4-2-3-5-16(15)25-17)24-18(23)13-6-8-14(9-7-13)22-10-19-20-11-22/h2-12H,1H3/t12-/m1/s1. The number of nitrogens with zero attached hydrogens (tertiary/aromatic N) is 4. The summed E-state index contributed by atoms with van der Waals surface area (Å²) in [6.45, 7) is 1.73. The van der Waals surface area contributed by atoms with Crippen molar-refractivity contribution >= 4 is 17.1 Å². The Balaban J connectivity index is 1.49. The Morgan fingerprint density at radius 2 is 1.80 bits per heavy atom. The fourth-order valence-electron chi connectivity index (χ4n) is 2.45. The van der Waals surface area contributed by atoms with E-state index in [0.29, 0.717) is 17.0 Å². The fourth-order valence-corrected chi connectivity index (χ4v) is 2.45. The van der Waals surface area contributed by atoms with E-state index in [0.717, 1.165) is 11.2 Å². The molecule has 0 bridgehead atoms. The lowest BCUT2D eigenvalue weighted by atomic mass is 10.2. The molecular formula is C18H14N4O3. The topological polar surface area (TPSA) is 83.0 Å². The maximum Gasteiger partial charge on any atom is 0.338 e. The van der Waals surface area contributed by atoms with Gasteiger partial charge < -0.3 is 9.15 Å². The van der Waals surface area contributed by atoms with Crippen molar-refractivity contribution in [3.05, 3.63) is 72.6 Å². The summed E-state index contributed by atoms with van der Waals surface area (Å²) in [7, 11) is 0. The molecule has 7 heteroatoms. The van der Waals surface area contributed by atoms with Crippen molar-refractivity contribution < 1.29 is 13.9 Å². The van der Waals surface area contributed by atoms with Crippen molar-refractivity contribution in [2.45, 2.75) is 13.0 Å². The van der Waals surface area contributed by atoms with Gasteiger partial charge in [0.15, 0.2) is 11.7 Å². The minimum Gasteiger partial charge on any atom is -0.449 e. The zero-order valence-electron chi connectivity index (χ0n) is 13.4. The summed E-state index contributed by atoms with van der Waals surface area (Å²) in [6.07, 6.45) is 2.59. The maximum atomic E-state index is 12.3. The highest BCUT2D eigenvalue weighted by atomic mass is 16.6. The summed E-state index contributed by atoms with van der Waals surface area (Å²) in [5, 5.41) is 7.50. The number of ether oxygens (including phenoxy) is 1. The predicted octanol–water partition coefficient (Wildman–Crippen LogP) is 3.33. The molecule has 0 saturated heterocycles. The van der Waals surface area contributed by atoms with Crippen LogP contribution in [-0.2, 0) is 4.74 Å². The van der Waals surface area contributed by atoms with Gasteiger partial charge in [0, 0.05) is 5.69 Å². The predicted molar refractivity (Wildman–Crippen MR) is 89.2 cm³/mol. The number of hydrogen-bond donors (Lipinski definition) is 0. The molecule has 0 spiro atoms. The quantitative estimate of drug-likeness (QED) is 0.532. The second-order valence-corrected chi connectivity index (χ2v) is 5.48. The van der Waals surface area contributed by atoms with Gasteiger partial charge in [-0.1, -0.05) is 12.1 Å². The first-order valence-corrected chi connectivity index (χ1v) is 7.72. The summed E-state index contributed by atoms with van der Waals surface area (Å²) in [4.78, 5) is 16.7. The van der Waals surface area contributed by atoms with Crippen LogP contribution in [0.25, 0.3) is 16.8 Å². The van der Waals surface area contributed by atoms with E-state index >= 15 is 0 Å². The molecule has 0 aliphatic rings. The number of benzene rings is 2. The lowest BCUT2D eigenvalue weighted by Gasteiger charge is -2.10. The van der Waals surface area contributed by atoms with Gasteiger partial charge in [0.25, 0.3) is 0 Å². The molecule has 124 valence electrons. The van der Waals surface area contributed by atoms with Crippen LogP contribution in [0.1, 0.15) is 29.3 Å². The molecule has 7 nitrogen and oxygen atoms in total. The highest BCUT2D eigenvalue weighted by Gasteiger charge is 2.19. The van der Waals surface area contributed by atoms with Crippen LogP contribution in [0.4, 0.5) is 0 Å². The van der Waals surface area contributed by atoms with Crippen LogP contribution in [0.3, 0.4) is 0 Å². The first-order chi connectivity index (χ1) is 12.2. The molecule has 4 aromatic rings. The van der Waals surface area contributed by atoms with Gasteiger partial charge in [0.05, 0.1) is 5.56 Å². The molecule has 0 aliphatic carbocycles. The third-order valence-corrected chi connectivity index (χ3v) is 3.76. The van der Waals surface area contributed by atoms with Crippen LogP contribution in [0, 0.1) is 0 Å². The van der Waals surface area contributed by atoms with Crippen LogP contribution in [0.15, 0.2) is 65.6 Å². The number of hydrogen-bond acceptors (Lipinski definition) is 6. The summed E-state index contributed by atoms with van der Waals surface area (Å²) in [6, 6.07) is 14.4. The summed E-state index contributed by atoms with van der Waals surface area (Å²) in [5.74, 6) is -0.0688. The molecule has 0 radical (unpaired) electrons. The van der Waals surface area contributed by atoms with Gasteiger partial charge in [-0.2, -0.15) is 0 Å². The van der Waals surface area contributed by atoms with E-state index in [4.69, 9.17) is 9.15 Å². The molecule has 0 unspecified atom stereocenters. The lowest BCUT2D eigenvalue weighted by molar-refractivity contribution is 0.0282.